The highest BCUT2D eigenvalue weighted by Gasteiger charge is 2.17. The Balaban J connectivity index is 1.76. The van der Waals surface area contributed by atoms with Gasteiger partial charge in [-0.3, -0.25) is 10.1 Å². The molecule has 6 nitrogen and oxygen atoms in total. The lowest BCUT2D eigenvalue weighted by atomic mass is 10.2. The normalized spacial score (nSPS) is 11.6. The molecule has 0 bridgehead atoms. The smallest absolute Gasteiger partial charge is 0.257 e. The highest BCUT2D eigenvalue weighted by molar-refractivity contribution is 9.10. The number of carbonyl (C=O) groups excluding carboxylic acids is 1. The van der Waals surface area contributed by atoms with E-state index in [0.29, 0.717) is 16.4 Å². The van der Waals surface area contributed by atoms with E-state index in [9.17, 15) is 13.2 Å². The van der Waals surface area contributed by atoms with E-state index in [-0.39, 0.29) is 10.8 Å². The molecule has 140 valence electrons. The first-order valence-electron chi connectivity index (χ1n) is 7.83. The molecule has 3 aromatic rings. The third-order valence-corrected chi connectivity index (χ3v) is 6.88. The number of hydrogen-bond acceptors (Lipinski definition) is 5. The number of halogens is 1. The molecule has 9 heteroatoms. The lowest BCUT2D eigenvalue weighted by Gasteiger charge is -2.11. The third kappa shape index (κ3) is 4.44. The van der Waals surface area contributed by atoms with E-state index in [1.165, 1.54) is 29.7 Å². The first kappa shape index (κ1) is 19.7. The highest BCUT2D eigenvalue weighted by Crippen LogP contribution is 2.26. The van der Waals surface area contributed by atoms with Gasteiger partial charge in [-0.2, -0.15) is 0 Å². The van der Waals surface area contributed by atoms with Gasteiger partial charge in [0, 0.05) is 35.1 Å². The van der Waals surface area contributed by atoms with Gasteiger partial charge in [0.05, 0.1) is 10.6 Å². The van der Waals surface area contributed by atoms with Crippen molar-refractivity contribution in [2.75, 3.05) is 19.4 Å². The Labute approximate surface area is 170 Å². The predicted molar refractivity (Wildman–Crippen MR) is 111 cm³/mol. The Morgan fingerprint density at radius 1 is 1.07 bits per heavy atom. The number of benzene rings is 2. The molecule has 1 amide bonds. The zero-order chi connectivity index (χ0) is 19.6. The standard InChI is InChI=1S/C18H16BrN3O3S2/c1-22(2)27(24,25)15-9-5-12(6-10-15)16-11-26-18(20-16)21-17(23)13-3-7-14(19)8-4-13/h3-11H,1-2H3,(H,20,21,23). The van der Waals surface area contributed by atoms with E-state index < -0.39 is 10.0 Å². The Hall–Kier alpha value is -2.07. The average molecular weight is 466 g/mol. The second-order valence-electron chi connectivity index (χ2n) is 5.81. The SMILES string of the molecule is CN(C)S(=O)(=O)c1ccc(-c2csc(NC(=O)c3ccc(Br)cc3)n2)cc1. The first-order valence-corrected chi connectivity index (χ1v) is 10.9. The summed E-state index contributed by atoms with van der Waals surface area (Å²) in [5.41, 5.74) is 1.97. The third-order valence-electron chi connectivity index (χ3n) is 3.76. The number of amides is 1. The van der Waals surface area contributed by atoms with Gasteiger partial charge >= 0.3 is 0 Å². The van der Waals surface area contributed by atoms with E-state index in [2.05, 4.69) is 26.2 Å². The van der Waals surface area contributed by atoms with Crippen molar-refractivity contribution >= 4 is 48.3 Å². The van der Waals surface area contributed by atoms with Crippen LogP contribution in [0.1, 0.15) is 10.4 Å². The van der Waals surface area contributed by atoms with Crippen LogP contribution < -0.4 is 5.32 Å². The van der Waals surface area contributed by atoms with E-state index in [4.69, 9.17) is 0 Å². The predicted octanol–water partition coefficient (Wildman–Crippen LogP) is 4.08. The van der Waals surface area contributed by atoms with Crippen molar-refractivity contribution in [2.45, 2.75) is 4.90 Å². The fourth-order valence-electron chi connectivity index (χ4n) is 2.24. The summed E-state index contributed by atoms with van der Waals surface area (Å²) in [6.07, 6.45) is 0. The van der Waals surface area contributed by atoms with Gasteiger partial charge < -0.3 is 0 Å². The zero-order valence-electron chi connectivity index (χ0n) is 14.5. The Morgan fingerprint density at radius 3 is 2.30 bits per heavy atom. The summed E-state index contributed by atoms with van der Waals surface area (Å²) < 4.78 is 26.3. The maximum Gasteiger partial charge on any atom is 0.257 e. The summed E-state index contributed by atoms with van der Waals surface area (Å²) in [6, 6.07) is 13.5. The van der Waals surface area contributed by atoms with Gasteiger partial charge in [-0.05, 0) is 36.4 Å². The minimum absolute atomic E-state index is 0.218. The molecular weight excluding hydrogens is 450 g/mol. The van der Waals surface area contributed by atoms with Crippen LogP contribution in [0, 0.1) is 0 Å². The lowest BCUT2D eigenvalue weighted by molar-refractivity contribution is 0.102. The van der Waals surface area contributed by atoms with E-state index in [0.717, 1.165) is 10.0 Å². The summed E-state index contributed by atoms with van der Waals surface area (Å²) in [7, 11) is -0.485. The van der Waals surface area contributed by atoms with E-state index in [1.807, 2.05) is 5.38 Å². The highest BCUT2D eigenvalue weighted by atomic mass is 79.9. The quantitative estimate of drug-likeness (QED) is 0.615. The number of thiazole rings is 1. The summed E-state index contributed by atoms with van der Waals surface area (Å²) in [4.78, 5) is 16.9. The molecule has 27 heavy (non-hydrogen) atoms. The lowest BCUT2D eigenvalue weighted by Crippen LogP contribution is -2.22. The van der Waals surface area contributed by atoms with Crippen LogP contribution in [-0.4, -0.2) is 37.7 Å². The number of nitrogens with zero attached hydrogens (tertiary/aromatic N) is 2. The average Bonchev–Trinajstić information content (AvgIpc) is 3.10. The van der Waals surface area contributed by atoms with Gasteiger partial charge in [-0.25, -0.2) is 17.7 Å². The van der Waals surface area contributed by atoms with Crippen LogP contribution in [0.25, 0.3) is 11.3 Å². The zero-order valence-corrected chi connectivity index (χ0v) is 17.7. The van der Waals surface area contributed by atoms with Crippen LogP contribution in [0.3, 0.4) is 0 Å². The van der Waals surface area contributed by atoms with Crippen molar-refractivity contribution in [2.24, 2.45) is 0 Å². The number of rotatable bonds is 5. The number of carbonyl (C=O) groups is 1. The molecule has 0 atom stereocenters. The van der Waals surface area contributed by atoms with Crippen LogP contribution in [0.15, 0.2) is 63.3 Å². The molecule has 0 saturated carbocycles. The molecular formula is C18H16BrN3O3S2. The molecule has 0 aliphatic heterocycles. The molecule has 0 aliphatic carbocycles. The van der Waals surface area contributed by atoms with Crippen molar-refractivity contribution in [3.05, 3.63) is 63.9 Å². The fourth-order valence-corrected chi connectivity index (χ4v) is 4.12. The molecule has 0 radical (unpaired) electrons. The number of anilines is 1. The maximum absolute atomic E-state index is 12.3. The van der Waals surface area contributed by atoms with Crippen molar-refractivity contribution in [3.8, 4) is 11.3 Å². The summed E-state index contributed by atoms with van der Waals surface area (Å²) in [5.74, 6) is -0.240. The fraction of sp³-hybridized carbons (Fsp3) is 0.111. The van der Waals surface area contributed by atoms with Gasteiger partial charge in [0.2, 0.25) is 10.0 Å². The van der Waals surface area contributed by atoms with Gasteiger partial charge in [-0.15, -0.1) is 11.3 Å². The van der Waals surface area contributed by atoms with Crippen molar-refractivity contribution < 1.29 is 13.2 Å². The van der Waals surface area contributed by atoms with Gasteiger partial charge in [0.1, 0.15) is 0 Å². The molecule has 0 aliphatic rings. The number of hydrogen-bond donors (Lipinski definition) is 1. The van der Waals surface area contributed by atoms with Crippen LogP contribution in [0.2, 0.25) is 0 Å². The minimum Gasteiger partial charge on any atom is -0.298 e. The molecule has 0 fully saturated rings. The van der Waals surface area contributed by atoms with E-state index in [1.54, 1.807) is 48.5 Å². The number of sulfonamides is 1. The molecule has 0 saturated heterocycles. The second-order valence-corrected chi connectivity index (χ2v) is 9.74. The van der Waals surface area contributed by atoms with Crippen LogP contribution in [-0.2, 0) is 10.0 Å². The van der Waals surface area contributed by atoms with Crippen LogP contribution >= 0.6 is 27.3 Å². The largest absolute Gasteiger partial charge is 0.298 e. The molecule has 2 aromatic carbocycles. The molecule has 0 unspecified atom stereocenters. The molecule has 1 aromatic heterocycles. The minimum atomic E-state index is -3.47. The van der Waals surface area contributed by atoms with Crippen molar-refractivity contribution in [1.82, 2.24) is 9.29 Å². The van der Waals surface area contributed by atoms with Crippen LogP contribution in [0.5, 0.6) is 0 Å². The van der Waals surface area contributed by atoms with Crippen molar-refractivity contribution in [3.63, 3.8) is 0 Å². The van der Waals surface area contributed by atoms with Gasteiger partial charge in [-0.1, -0.05) is 28.1 Å². The van der Waals surface area contributed by atoms with Crippen LogP contribution in [0.4, 0.5) is 5.13 Å². The maximum atomic E-state index is 12.3. The molecule has 3 rings (SSSR count). The van der Waals surface area contributed by atoms with Gasteiger partial charge in [0.25, 0.3) is 5.91 Å². The second kappa shape index (κ2) is 7.89. The first-order chi connectivity index (χ1) is 12.8. The summed E-state index contributed by atoms with van der Waals surface area (Å²) in [5, 5.41) is 5.06. The summed E-state index contributed by atoms with van der Waals surface area (Å²) >= 11 is 4.64. The number of nitrogens with one attached hydrogen (secondary N) is 1. The molecule has 1 N–H and O–H groups in total. The Kier molecular flexibility index (Phi) is 5.75. The topological polar surface area (TPSA) is 79.4 Å². The molecule has 1 heterocycles. The number of aromatic nitrogens is 1. The Morgan fingerprint density at radius 2 is 1.70 bits per heavy atom. The van der Waals surface area contributed by atoms with Crippen molar-refractivity contribution in [1.29, 1.82) is 0 Å². The Bertz CT molecular complexity index is 1060. The monoisotopic (exact) mass is 465 g/mol. The van der Waals surface area contributed by atoms with E-state index >= 15 is 0 Å². The molecule has 0 spiro atoms. The summed E-state index contributed by atoms with van der Waals surface area (Å²) in [6.45, 7) is 0. The van der Waals surface area contributed by atoms with Gasteiger partial charge in [0.15, 0.2) is 5.13 Å².